The molecule has 108 valence electrons. The molecule has 1 atom stereocenters. The maximum atomic E-state index is 12.6. The van der Waals surface area contributed by atoms with E-state index in [2.05, 4.69) is 5.32 Å². The lowest BCUT2D eigenvalue weighted by Crippen LogP contribution is -2.52. The molecule has 1 aliphatic heterocycles. The standard InChI is InChI=1S/C15H19ClN2O2/c16-12-3-1-11(2-4-12)9-18(13-5-6-13)15(19)14-10-20-8-7-17-14/h1-4,13-14,17H,5-10H2. The molecular weight excluding hydrogens is 276 g/mol. The highest BCUT2D eigenvalue weighted by atomic mass is 35.5. The number of rotatable bonds is 4. The van der Waals surface area contributed by atoms with Gasteiger partial charge in [-0.2, -0.15) is 0 Å². The summed E-state index contributed by atoms with van der Waals surface area (Å²) in [5, 5.41) is 3.96. The number of morpholine rings is 1. The van der Waals surface area contributed by atoms with E-state index >= 15 is 0 Å². The van der Waals surface area contributed by atoms with Gasteiger partial charge in [-0.25, -0.2) is 0 Å². The molecule has 0 radical (unpaired) electrons. The highest BCUT2D eigenvalue weighted by Gasteiger charge is 2.36. The molecule has 0 aromatic heterocycles. The van der Waals surface area contributed by atoms with E-state index in [0.717, 1.165) is 30.0 Å². The van der Waals surface area contributed by atoms with Crippen LogP contribution in [0.3, 0.4) is 0 Å². The van der Waals surface area contributed by atoms with Crippen LogP contribution in [0.25, 0.3) is 0 Å². The summed E-state index contributed by atoms with van der Waals surface area (Å²) >= 11 is 5.90. The van der Waals surface area contributed by atoms with Gasteiger partial charge in [0.2, 0.25) is 5.91 Å². The summed E-state index contributed by atoms with van der Waals surface area (Å²) in [6.45, 7) is 2.56. The van der Waals surface area contributed by atoms with Crippen LogP contribution in [0.1, 0.15) is 18.4 Å². The first-order valence-corrected chi connectivity index (χ1v) is 7.48. The molecule has 1 N–H and O–H groups in total. The van der Waals surface area contributed by atoms with E-state index in [1.54, 1.807) is 0 Å². The molecule has 1 unspecified atom stereocenters. The van der Waals surface area contributed by atoms with Crippen molar-refractivity contribution >= 4 is 17.5 Å². The summed E-state index contributed by atoms with van der Waals surface area (Å²) in [6, 6.07) is 7.90. The van der Waals surface area contributed by atoms with Gasteiger partial charge in [-0.3, -0.25) is 4.79 Å². The number of hydrogen-bond donors (Lipinski definition) is 1. The molecule has 1 saturated carbocycles. The van der Waals surface area contributed by atoms with Crippen molar-refractivity contribution in [3.63, 3.8) is 0 Å². The molecular formula is C15H19ClN2O2. The van der Waals surface area contributed by atoms with Gasteiger partial charge in [-0.1, -0.05) is 23.7 Å². The Labute approximate surface area is 124 Å². The molecule has 0 bridgehead atoms. The second kappa shape index (κ2) is 6.12. The number of carbonyl (C=O) groups is 1. The molecule has 1 heterocycles. The van der Waals surface area contributed by atoms with E-state index in [0.29, 0.717) is 25.8 Å². The van der Waals surface area contributed by atoms with Crippen molar-refractivity contribution in [1.82, 2.24) is 10.2 Å². The van der Waals surface area contributed by atoms with Crippen LogP contribution < -0.4 is 5.32 Å². The van der Waals surface area contributed by atoms with Gasteiger partial charge in [-0.15, -0.1) is 0 Å². The highest BCUT2D eigenvalue weighted by Crippen LogP contribution is 2.29. The Hall–Kier alpha value is -1.10. The van der Waals surface area contributed by atoms with Crippen LogP contribution in [0.4, 0.5) is 0 Å². The molecule has 1 aromatic carbocycles. The Morgan fingerprint density at radius 3 is 2.70 bits per heavy atom. The minimum atomic E-state index is -0.198. The number of halogens is 1. The van der Waals surface area contributed by atoms with Crippen molar-refractivity contribution in [3.05, 3.63) is 34.9 Å². The summed E-state index contributed by atoms with van der Waals surface area (Å²) in [5.41, 5.74) is 1.12. The topological polar surface area (TPSA) is 41.6 Å². The number of ether oxygens (including phenoxy) is 1. The fourth-order valence-electron chi connectivity index (χ4n) is 2.48. The normalized spacial score (nSPS) is 22.6. The van der Waals surface area contributed by atoms with Gasteiger partial charge < -0.3 is 15.0 Å². The van der Waals surface area contributed by atoms with E-state index in [9.17, 15) is 4.79 Å². The van der Waals surface area contributed by atoms with Crippen LogP contribution in [-0.2, 0) is 16.1 Å². The third kappa shape index (κ3) is 3.32. The van der Waals surface area contributed by atoms with Crippen LogP contribution in [0.2, 0.25) is 5.02 Å². The van der Waals surface area contributed by atoms with Gasteiger partial charge in [0.1, 0.15) is 6.04 Å². The smallest absolute Gasteiger partial charge is 0.242 e. The fourth-order valence-corrected chi connectivity index (χ4v) is 2.61. The van der Waals surface area contributed by atoms with Gasteiger partial charge in [0.25, 0.3) is 0 Å². The Kier molecular flexibility index (Phi) is 4.24. The van der Waals surface area contributed by atoms with Crippen molar-refractivity contribution in [3.8, 4) is 0 Å². The summed E-state index contributed by atoms with van der Waals surface area (Å²) in [6.07, 6.45) is 2.21. The highest BCUT2D eigenvalue weighted by molar-refractivity contribution is 6.30. The number of nitrogens with one attached hydrogen (secondary N) is 1. The first-order chi connectivity index (χ1) is 9.74. The second-order valence-electron chi connectivity index (χ2n) is 5.41. The Morgan fingerprint density at radius 2 is 2.10 bits per heavy atom. The number of nitrogens with zero attached hydrogens (tertiary/aromatic N) is 1. The summed E-state index contributed by atoms with van der Waals surface area (Å²) in [7, 11) is 0. The molecule has 2 fully saturated rings. The second-order valence-corrected chi connectivity index (χ2v) is 5.84. The molecule has 3 rings (SSSR count). The van der Waals surface area contributed by atoms with Gasteiger partial charge in [0, 0.05) is 24.2 Å². The van der Waals surface area contributed by atoms with Gasteiger partial charge in [0.15, 0.2) is 0 Å². The summed E-state index contributed by atoms with van der Waals surface area (Å²) in [4.78, 5) is 14.6. The first kappa shape index (κ1) is 13.9. The third-order valence-corrected chi connectivity index (χ3v) is 4.01. The average Bonchev–Trinajstić information content (AvgIpc) is 3.31. The Balaban J connectivity index is 1.68. The Morgan fingerprint density at radius 1 is 1.35 bits per heavy atom. The van der Waals surface area contributed by atoms with Gasteiger partial charge in [0.05, 0.1) is 13.2 Å². The maximum Gasteiger partial charge on any atom is 0.242 e. The van der Waals surface area contributed by atoms with Gasteiger partial charge >= 0.3 is 0 Å². The SMILES string of the molecule is O=C(C1COCCN1)N(Cc1ccc(Cl)cc1)C1CC1. The van der Waals surface area contributed by atoms with Crippen LogP contribution in [0, 0.1) is 0 Å². The van der Waals surface area contributed by atoms with Crippen LogP contribution in [-0.4, -0.2) is 42.6 Å². The Bertz CT molecular complexity index is 467. The van der Waals surface area contributed by atoms with E-state index < -0.39 is 0 Å². The molecule has 1 aromatic rings. The number of amides is 1. The van der Waals surface area contributed by atoms with Crippen molar-refractivity contribution in [2.24, 2.45) is 0 Å². The lowest BCUT2D eigenvalue weighted by molar-refractivity contribution is -0.137. The lowest BCUT2D eigenvalue weighted by atomic mass is 10.1. The van der Waals surface area contributed by atoms with E-state index in [1.807, 2.05) is 29.2 Å². The molecule has 1 aliphatic carbocycles. The minimum Gasteiger partial charge on any atom is -0.378 e. The molecule has 1 amide bonds. The zero-order valence-electron chi connectivity index (χ0n) is 11.3. The van der Waals surface area contributed by atoms with Crippen LogP contribution in [0.15, 0.2) is 24.3 Å². The summed E-state index contributed by atoms with van der Waals surface area (Å²) < 4.78 is 5.39. The van der Waals surface area contributed by atoms with Crippen molar-refractivity contribution in [2.75, 3.05) is 19.8 Å². The molecule has 2 aliphatic rings. The number of hydrogen-bond acceptors (Lipinski definition) is 3. The zero-order valence-corrected chi connectivity index (χ0v) is 12.1. The average molecular weight is 295 g/mol. The van der Waals surface area contributed by atoms with Gasteiger partial charge in [-0.05, 0) is 30.5 Å². The predicted molar refractivity (Wildman–Crippen MR) is 77.6 cm³/mol. The number of benzene rings is 1. The molecule has 5 heteroatoms. The van der Waals surface area contributed by atoms with Crippen molar-refractivity contribution < 1.29 is 9.53 Å². The van der Waals surface area contributed by atoms with Crippen LogP contribution in [0.5, 0.6) is 0 Å². The van der Waals surface area contributed by atoms with E-state index in [4.69, 9.17) is 16.3 Å². The number of carbonyl (C=O) groups excluding carboxylic acids is 1. The van der Waals surface area contributed by atoms with Crippen molar-refractivity contribution in [1.29, 1.82) is 0 Å². The van der Waals surface area contributed by atoms with Crippen molar-refractivity contribution in [2.45, 2.75) is 31.5 Å². The first-order valence-electron chi connectivity index (χ1n) is 7.10. The molecule has 20 heavy (non-hydrogen) atoms. The van der Waals surface area contributed by atoms with E-state index in [-0.39, 0.29) is 11.9 Å². The third-order valence-electron chi connectivity index (χ3n) is 3.76. The quantitative estimate of drug-likeness (QED) is 0.921. The fraction of sp³-hybridized carbons (Fsp3) is 0.533. The monoisotopic (exact) mass is 294 g/mol. The predicted octanol–water partition coefficient (Wildman–Crippen LogP) is 1.82. The van der Waals surface area contributed by atoms with E-state index in [1.165, 1.54) is 0 Å². The summed E-state index contributed by atoms with van der Waals surface area (Å²) in [5.74, 6) is 0.155. The lowest BCUT2D eigenvalue weighted by Gasteiger charge is -2.30. The molecule has 4 nitrogen and oxygen atoms in total. The van der Waals surface area contributed by atoms with Crippen LogP contribution >= 0.6 is 11.6 Å². The maximum absolute atomic E-state index is 12.6. The minimum absolute atomic E-state index is 0.155. The zero-order chi connectivity index (χ0) is 13.9. The molecule has 1 saturated heterocycles. The molecule has 0 spiro atoms. The largest absolute Gasteiger partial charge is 0.378 e.